The van der Waals surface area contributed by atoms with Crippen molar-refractivity contribution in [3.05, 3.63) is 57.6 Å². The van der Waals surface area contributed by atoms with E-state index in [2.05, 4.69) is 4.72 Å². The van der Waals surface area contributed by atoms with Crippen LogP contribution in [0.25, 0.3) is 0 Å². The molecule has 1 N–H and O–H groups in total. The van der Waals surface area contributed by atoms with E-state index in [0.29, 0.717) is 0 Å². The number of hydrogen-bond donors (Lipinski definition) is 1. The number of benzene rings is 2. The average molecular weight is 359 g/mol. The summed E-state index contributed by atoms with van der Waals surface area (Å²) < 4.78 is 26.8. The van der Waals surface area contributed by atoms with Gasteiger partial charge in [0.05, 0.1) is 20.5 Å². The van der Waals surface area contributed by atoms with Gasteiger partial charge in [-0.1, -0.05) is 11.6 Å². The molecule has 0 aliphatic heterocycles. The normalized spacial score (nSPS) is 11.2. The van der Waals surface area contributed by atoms with Crippen molar-refractivity contribution in [2.45, 2.75) is 9.79 Å². The second-order valence-corrected chi connectivity index (χ2v) is 7.17. The molecular weight excluding hydrogens is 348 g/mol. The zero-order chi connectivity index (χ0) is 16.3. The topological polar surface area (TPSA) is 89.3 Å². The summed E-state index contributed by atoms with van der Waals surface area (Å²) in [5.74, 6) is 0. The summed E-state index contributed by atoms with van der Waals surface area (Å²) in [5, 5.41) is 10.8. The molecule has 0 aliphatic rings. The van der Waals surface area contributed by atoms with Gasteiger partial charge in [-0.25, -0.2) is 8.42 Å². The Morgan fingerprint density at radius 2 is 1.82 bits per heavy atom. The Kier molecular flexibility index (Phi) is 4.94. The zero-order valence-corrected chi connectivity index (χ0v) is 13.7. The number of nitro groups is 1. The summed E-state index contributed by atoms with van der Waals surface area (Å²) in [4.78, 5) is 11.1. The first-order valence-electron chi connectivity index (χ1n) is 5.94. The van der Waals surface area contributed by atoms with Crippen LogP contribution in [-0.4, -0.2) is 19.6 Å². The highest BCUT2D eigenvalue weighted by Gasteiger charge is 2.18. The molecule has 6 nitrogen and oxygen atoms in total. The molecule has 0 heterocycles. The average Bonchev–Trinajstić information content (AvgIpc) is 2.49. The largest absolute Gasteiger partial charge is 0.278 e. The Balaban J connectivity index is 2.35. The van der Waals surface area contributed by atoms with Gasteiger partial charge in [-0.3, -0.25) is 14.8 Å². The van der Waals surface area contributed by atoms with Crippen LogP contribution in [0.2, 0.25) is 5.02 Å². The van der Waals surface area contributed by atoms with E-state index in [9.17, 15) is 18.5 Å². The number of nitro benzene ring substituents is 1. The SMILES string of the molecule is CSc1ccc(S(=O)(=O)Nc2cc([N+](=O)[O-])ccc2Cl)cc1. The smallest absolute Gasteiger partial charge is 0.271 e. The summed E-state index contributed by atoms with van der Waals surface area (Å²) in [6.45, 7) is 0. The van der Waals surface area contributed by atoms with Crippen molar-refractivity contribution in [2.24, 2.45) is 0 Å². The third-order valence-electron chi connectivity index (χ3n) is 2.77. The number of sulfonamides is 1. The van der Waals surface area contributed by atoms with Gasteiger partial charge in [0.1, 0.15) is 0 Å². The summed E-state index contributed by atoms with van der Waals surface area (Å²) in [5.41, 5.74) is -0.287. The first-order valence-corrected chi connectivity index (χ1v) is 9.03. The number of anilines is 1. The summed E-state index contributed by atoms with van der Waals surface area (Å²) in [7, 11) is -3.87. The molecule has 0 bridgehead atoms. The third kappa shape index (κ3) is 3.70. The Labute approximate surface area is 136 Å². The summed E-state index contributed by atoms with van der Waals surface area (Å²) >= 11 is 7.38. The van der Waals surface area contributed by atoms with Gasteiger partial charge >= 0.3 is 0 Å². The zero-order valence-electron chi connectivity index (χ0n) is 11.3. The highest BCUT2D eigenvalue weighted by Crippen LogP contribution is 2.29. The minimum Gasteiger partial charge on any atom is -0.278 e. The lowest BCUT2D eigenvalue weighted by atomic mass is 10.3. The highest BCUT2D eigenvalue weighted by molar-refractivity contribution is 7.98. The number of nitrogens with one attached hydrogen (secondary N) is 1. The minimum absolute atomic E-state index is 0.0372. The Morgan fingerprint density at radius 3 is 2.36 bits per heavy atom. The first-order chi connectivity index (χ1) is 10.3. The summed E-state index contributed by atoms with van der Waals surface area (Å²) in [6, 6.07) is 9.82. The second-order valence-electron chi connectivity index (χ2n) is 4.20. The van der Waals surface area contributed by atoms with Crippen LogP contribution in [0.5, 0.6) is 0 Å². The molecule has 0 saturated carbocycles. The molecule has 0 aliphatic carbocycles. The van der Waals surface area contributed by atoms with Gasteiger partial charge in [0.2, 0.25) is 0 Å². The van der Waals surface area contributed by atoms with Crippen molar-refractivity contribution in [1.82, 2.24) is 0 Å². The quantitative estimate of drug-likeness (QED) is 0.499. The van der Waals surface area contributed by atoms with Crippen LogP contribution in [0.3, 0.4) is 0 Å². The van der Waals surface area contributed by atoms with Gasteiger partial charge < -0.3 is 0 Å². The van der Waals surface area contributed by atoms with E-state index in [0.717, 1.165) is 11.0 Å². The number of rotatable bonds is 5. The van der Waals surface area contributed by atoms with E-state index in [1.165, 1.54) is 36.0 Å². The Morgan fingerprint density at radius 1 is 1.18 bits per heavy atom. The van der Waals surface area contributed by atoms with Gasteiger partial charge in [-0.05, 0) is 36.6 Å². The van der Waals surface area contributed by atoms with Crippen LogP contribution in [0.1, 0.15) is 0 Å². The highest BCUT2D eigenvalue weighted by atomic mass is 35.5. The van der Waals surface area contributed by atoms with Crippen LogP contribution < -0.4 is 4.72 Å². The molecule has 0 fully saturated rings. The van der Waals surface area contributed by atoms with Crippen LogP contribution in [-0.2, 0) is 10.0 Å². The lowest BCUT2D eigenvalue weighted by Crippen LogP contribution is -2.13. The standard InChI is InChI=1S/C13H11ClN2O4S2/c1-21-10-3-5-11(6-4-10)22(19,20)15-13-8-9(16(17)18)2-7-12(13)14/h2-8,15H,1H3. The van der Waals surface area contributed by atoms with Crippen molar-refractivity contribution in [3.63, 3.8) is 0 Å². The molecule has 116 valence electrons. The molecular formula is C13H11ClN2O4S2. The molecule has 9 heteroatoms. The predicted molar refractivity (Wildman–Crippen MR) is 87.1 cm³/mol. The molecule has 2 aromatic carbocycles. The number of non-ortho nitro benzene ring substituents is 1. The predicted octanol–water partition coefficient (Wildman–Crippen LogP) is 3.77. The van der Waals surface area contributed by atoms with E-state index >= 15 is 0 Å². The fourth-order valence-corrected chi connectivity index (χ4v) is 3.36. The van der Waals surface area contributed by atoms with Crippen molar-refractivity contribution < 1.29 is 13.3 Å². The number of thioether (sulfide) groups is 1. The molecule has 0 aromatic heterocycles. The molecule has 0 atom stereocenters. The molecule has 2 aromatic rings. The number of halogens is 1. The number of hydrogen-bond acceptors (Lipinski definition) is 5. The Bertz CT molecular complexity index is 807. The lowest BCUT2D eigenvalue weighted by molar-refractivity contribution is -0.384. The molecule has 22 heavy (non-hydrogen) atoms. The number of nitrogens with zero attached hydrogens (tertiary/aromatic N) is 1. The Hall–Kier alpha value is -1.77. The first kappa shape index (κ1) is 16.6. The third-order valence-corrected chi connectivity index (χ3v) is 5.23. The second kappa shape index (κ2) is 6.55. The van der Waals surface area contributed by atoms with Crippen LogP contribution >= 0.6 is 23.4 Å². The minimum atomic E-state index is -3.87. The molecule has 0 saturated heterocycles. The van der Waals surface area contributed by atoms with E-state index in [1.54, 1.807) is 12.1 Å². The summed E-state index contributed by atoms with van der Waals surface area (Å²) in [6.07, 6.45) is 1.88. The maximum Gasteiger partial charge on any atom is 0.271 e. The van der Waals surface area contributed by atoms with Gasteiger partial charge in [-0.15, -0.1) is 11.8 Å². The van der Waals surface area contributed by atoms with Crippen LogP contribution in [0, 0.1) is 10.1 Å². The molecule has 0 radical (unpaired) electrons. The fraction of sp³-hybridized carbons (Fsp3) is 0.0769. The fourth-order valence-electron chi connectivity index (χ4n) is 1.66. The molecule has 2 rings (SSSR count). The van der Waals surface area contributed by atoms with Crippen molar-refractivity contribution in [3.8, 4) is 0 Å². The monoisotopic (exact) mass is 358 g/mol. The van der Waals surface area contributed by atoms with Gasteiger partial charge in [0, 0.05) is 17.0 Å². The van der Waals surface area contributed by atoms with E-state index < -0.39 is 14.9 Å². The molecule has 0 unspecified atom stereocenters. The maximum atomic E-state index is 12.3. The van der Waals surface area contributed by atoms with Gasteiger partial charge in [-0.2, -0.15) is 0 Å². The van der Waals surface area contributed by atoms with Gasteiger partial charge in [0.25, 0.3) is 15.7 Å². The van der Waals surface area contributed by atoms with Crippen molar-refractivity contribution >= 4 is 44.8 Å². The molecule has 0 spiro atoms. The van der Waals surface area contributed by atoms with Crippen LogP contribution in [0.15, 0.2) is 52.3 Å². The van der Waals surface area contributed by atoms with Crippen molar-refractivity contribution in [2.75, 3.05) is 11.0 Å². The molecule has 0 amide bonds. The van der Waals surface area contributed by atoms with E-state index in [4.69, 9.17) is 11.6 Å². The lowest BCUT2D eigenvalue weighted by Gasteiger charge is -2.10. The van der Waals surface area contributed by atoms with E-state index in [-0.39, 0.29) is 21.3 Å². The van der Waals surface area contributed by atoms with Crippen molar-refractivity contribution in [1.29, 1.82) is 0 Å². The van der Waals surface area contributed by atoms with Gasteiger partial charge in [0.15, 0.2) is 0 Å². The van der Waals surface area contributed by atoms with E-state index in [1.807, 2.05) is 6.26 Å². The maximum absolute atomic E-state index is 12.3. The van der Waals surface area contributed by atoms with Crippen LogP contribution in [0.4, 0.5) is 11.4 Å².